The first kappa shape index (κ1) is 15.5. The Balaban J connectivity index is 1.48. The Bertz CT molecular complexity index is 834. The van der Waals surface area contributed by atoms with E-state index in [-0.39, 0.29) is 23.9 Å². The molecule has 0 aromatic carbocycles. The van der Waals surface area contributed by atoms with Crippen LogP contribution in [0.3, 0.4) is 0 Å². The molecule has 8 nitrogen and oxygen atoms in total. The fraction of sp³-hybridized carbons (Fsp3) is 0.294. The minimum atomic E-state index is -0.317. The monoisotopic (exact) mass is 339 g/mol. The maximum absolute atomic E-state index is 12.5. The number of pyridine rings is 2. The van der Waals surface area contributed by atoms with E-state index in [0.717, 1.165) is 0 Å². The molecule has 1 fully saturated rings. The van der Waals surface area contributed by atoms with Gasteiger partial charge in [0.1, 0.15) is 6.10 Å². The normalized spacial score (nSPS) is 20.3. The van der Waals surface area contributed by atoms with Crippen molar-refractivity contribution in [3.8, 4) is 5.88 Å². The van der Waals surface area contributed by atoms with Crippen molar-refractivity contribution >= 4 is 17.1 Å². The lowest BCUT2D eigenvalue weighted by Gasteiger charge is -2.31. The van der Waals surface area contributed by atoms with Crippen molar-refractivity contribution in [1.29, 1.82) is 0 Å². The number of hydrogen-bond acceptors (Lipinski definition) is 6. The summed E-state index contributed by atoms with van der Waals surface area (Å²) in [5.74, 6) is 0.431. The Morgan fingerprint density at radius 1 is 1.24 bits per heavy atom. The number of carbonyl (C=O) groups excluding carboxylic acids is 1. The summed E-state index contributed by atoms with van der Waals surface area (Å²) < 4.78 is 11.4. The zero-order valence-corrected chi connectivity index (χ0v) is 13.4. The Kier molecular flexibility index (Phi) is 4.26. The van der Waals surface area contributed by atoms with Crippen LogP contribution in [0.25, 0.3) is 11.2 Å². The van der Waals surface area contributed by atoms with Crippen molar-refractivity contribution in [2.75, 3.05) is 13.2 Å². The molecular formula is C17H17N5O3. The number of aromatic nitrogens is 4. The zero-order valence-electron chi connectivity index (χ0n) is 13.4. The first-order chi connectivity index (χ1) is 12.3. The topological polar surface area (TPSA) is 102 Å². The number of carbonyl (C=O) groups is 1. The van der Waals surface area contributed by atoms with Crippen LogP contribution in [0, 0.1) is 0 Å². The predicted molar refractivity (Wildman–Crippen MR) is 89.2 cm³/mol. The highest BCUT2D eigenvalue weighted by molar-refractivity contribution is 5.93. The molecule has 1 aliphatic heterocycles. The van der Waals surface area contributed by atoms with Gasteiger partial charge in [-0.3, -0.25) is 4.79 Å². The standard InChI is InChI=1S/C17H17N5O3/c23-17(16-20-11-4-3-8-19-15(11)22-16)21-12-10-24-9-6-13(12)25-14-5-1-2-7-18-14/h1-5,7-8,12-13H,6,9-10H2,(H,21,23)(H,19,20,22)/t12-,13-/m1/s1. The molecule has 128 valence electrons. The van der Waals surface area contributed by atoms with Gasteiger partial charge in [0.25, 0.3) is 5.91 Å². The maximum atomic E-state index is 12.5. The summed E-state index contributed by atoms with van der Waals surface area (Å²) >= 11 is 0. The van der Waals surface area contributed by atoms with E-state index in [1.54, 1.807) is 24.5 Å². The van der Waals surface area contributed by atoms with Crippen LogP contribution in [-0.2, 0) is 4.74 Å². The molecule has 0 bridgehead atoms. The number of aromatic amines is 1. The van der Waals surface area contributed by atoms with Crippen LogP contribution in [0.1, 0.15) is 17.0 Å². The number of nitrogens with one attached hydrogen (secondary N) is 2. The van der Waals surface area contributed by atoms with Crippen LogP contribution in [0.15, 0.2) is 42.7 Å². The van der Waals surface area contributed by atoms with Gasteiger partial charge >= 0.3 is 0 Å². The third kappa shape index (κ3) is 3.43. The van der Waals surface area contributed by atoms with Crippen molar-refractivity contribution in [3.63, 3.8) is 0 Å². The Hall–Kier alpha value is -3.00. The Morgan fingerprint density at radius 3 is 3.00 bits per heavy atom. The molecule has 0 spiro atoms. The van der Waals surface area contributed by atoms with Crippen molar-refractivity contribution in [2.24, 2.45) is 0 Å². The first-order valence-electron chi connectivity index (χ1n) is 8.06. The molecule has 1 aliphatic rings. The quantitative estimate of drug-likeness (QED) is 0.743. The van der Waals surface area contributed by atoms with Crippen molar-refractivity contribution in [2.45, 2.75) is 18.6 Å². The molecule has 2 N–H and O–H groups in total. The van der Waals surface area contributed by atoms with Gasteiger partial charge in [-0.15, -0.1) is 0 Å². The van der Waals surface area contributed by atoms with Gasteiger partial charge in [-0.25, -0.2) is 15.0 Å². The van der Waals surface area contributed by atoms with E-state index in [1.165, 1.54) is 0 Å². The summed E-state index contributed by atoms with van der Waals surface area (Å²) in [6, 6.07) is 8.79. The zero-order chi connectivity index (χ0) is 17.1. The van der Waals surface area contributed by atoms with E-state index < -0.39 is 0 Å². The number of ether oxygens (including phenoxy) is 2. The van der Waals surface area contributed by atoms with Gasteiger partial charge in [0, 0.05) is 24.9 Å². The SMILES string of the molecule is O=C(N[C@@H]1COCC[C@H]1Oc1ccccn1)c1nc2ncccc2[nH]1. The minimum absolute atomic E-state index is 0.213. The van der Waals surface area contributed by atoms with Crippen molar-refractivity contribution < 1.29 is 14.3 Å². The first-order valence-corrected chi connectivity index (χ1v) is 8.06. The van der Waals surface area contributed by atoms with Gasteiger partial charge in [-0.2, -0.15) is 0 Å². The number of hydrogen-bond donors (Lipinski definition) is 2. The molecular weight excluding hydrogens is 322 g/mol. The number of H-pyrrole nitrogens is 1. The number of imidazole rings is 1. The summed E-state index contributed by atoms with van der Waals surface area (Å²) in [5.41, 5.74) is 1.22. The predicted octanol–water partition coefficient (Wildman–Crippen LogP) is 1.32. The highest BCUT2D eigenvalue weighted by Gasteiger charge is 2.30. The number of amides is 1. The molecule has 3 aromatic heterocycles. The average molecular weight is 339 g/mol. The van der Waals surface area contributed by atoms with E-state index in [9.17, 15) is 4.79 Å². The molecule has 25 heavy (non-hydrogen) atoms. The van der Waals surface area contributed by atoms with Crippen molar-refractivity contribution in [1.82, 2.24) is 25.3 Å². The molecule has 4 heterocycles. The van der Waals surface area contributed by atoms with Crippen LogP contribution in [0.4, 0.5) is 0 Å². The molecule has 0 radical (unpaired) electrons. The lowest BCUT2D eigenvalue weighted by atomic mass is 10.1. The summed E-state index contributed by atoms with van der Waals surface area (Å²) in [7, 11) is 0. The lowest BCUT2D eigenvalue weighted by Crippen LogP contribution is -2.52. The summed E-state index contributed by atoms with van der Waals surface area (Å²) in [5, 5.41) is 2.93. The van der Waals surface area contributed by atoms with Crippen LogP contribution < -0.4 is 10.1 Å². The fourth-order valence-corrected chi connectivity index (χ4v) is 2.76. The molecule has 0 unspecified atom stereocenters. The molecule has 2 atom stereocenters. The second-order valence-electron chi connectivity index (χ2n) is 5.73. The maximum Gasteiger partial charge on any atom is 0.287 e. The highest BCUT2D eigenvalue weighted by atomic mass is 16.5. The molecule has 1 amide bonds. The van der Waals surface area contributed by atoms with E-state index in [4.69, 9.17) is 9.47 Å². The van der Waals surface area contributed by atoms with Gasteiger partial charge in [0.15, 0.2) is 11.5 Å². The van der Waals surface area contributed by atoms with Gasteiger partial charge in [-0.05, 0) is 18.2 Å². The highest BCUT2D eigenvalue weighted by Crippen LogP contribution is 2.16. The van der Waals surface area contributed by atoms with Crippen molar-refractivity contribution in [3.05, 3.63) is 48.5 Å². The van der Waals surface area contributed by atoms with Gasteiger partial charge in [-0.1, -0.05) is 6.07 Å². The van der Waals surface area contributed by atoms with Gasteiger partial charge in [0.2, 0.25) is 5.88 Å². The lowest BCUT2D eigenvalue weighted by molar-refractivity contribution is -0.00459. The van der Waals surface area contributed by atoms with E-state index in [0.29, 0.717) is 36.7 Å². The van der Waals surface area contributed by atoms with E-state index in [2.05, 4.69) is 25.3 Å². The van der Waals surface area contributed by atoms with Gasteiger partial charge in [0.05, 0.1) is 24.8 Å². The summed E-state index contributed by atoms with van der Waals surface area (Å²) in [6.07, 6.45) is 3.76. The molecule has 4 rings (SSSR count). The van der Waals surface area contributed by atoms with E-state index in [1.807, 2.05) is 18.2 Å². The van der Waals surface area contributed by atoms with E-state index >= 15 is 0 Å². The molecule has 1 saturated heterocycles. The number of rotatable bonds is 4. The Labute approximate surface area is 143 Å². The second-order valence-corrected chi connectivity index (χ2v) is 5.73. The third-order valence-electron chi connectivity index (χ3n) is 3.99. The molecule has 8 heteroatoms. The minimum Gasteiger partial charge on any atom is -0.472 e. The largest absolute Gasteiger partial charge is 0.472 e. The Morgan fingerprint density at radius 2 is 2.16 bits per heavy atom. The summed E-state index contributed by atoms with van der Waals surface area (Å²) in [6.45, 7) is 0.958. The van der Waals surface area contributed by atoms with Crippen LogP contribution >= 0.6 is 0 Å². The third-order valence-corrected chi connectivity index (χ3v) is 3.99. The second kappa shape index (κ2) is 6.86. The molecule has 0 saturated carbocycles. The van der Waals surface area contributed by atoms with Crippen LogP contribution in [0.2, 0.25) is 0 Å². The summed E-state index contributed by atoms with van der Waals surface area (Å²) in [4.78, 5) is 28.0. The molecule has 3 aromatic rings. The van der Waals surface area contributed by atoms with Crippen LogP contribution in [0.5, 0.6) is 5.88 Å². The average Bonchev–Trinajstić information content (AvgIpc) is 3.09. The fourth-order valence-electron chi connectivity index (χ4n) is 2.76. The number of nitrogens with zero attached hydrogens (tertiary/aromatic N) is 3. The van der Waals surface area contributed by atoms with Crippen LogP contribution in [-0.4, -0.2) is 51.2 Å². The molecule has 0 aliphatic carbocycles. The van der Waals surface area contributed by atoms with Gasteiger partial charge < -0.3 is 19.8 Å². The number of fused-ring (bicyclic) bond motifs is 1. The smallest absolute Gasteiger partial charge is 0.287 e.